The Hall–Kier alpha value is -1.29. The predicted molar refractivity (Wildman–Crippen MR) is 60.6 cm³/mol. The van der Waals surface area contributed by atoms with Crippen molar-refractivity contribution in [2.24, 2.45) is 0 Å². The molecule has 0 aromatic heterocycles. The molecule has 0 amide bonds. The summed E-state index contributed by atoms with van der Waals surface area (Å²) in [6.07, 6.45) is -8.48. The van der Waals surface area contributed by atoms with E-state index >= 15 is 0 Å². The van der Waals surface area contributed by atoms with Crippen LogP contribution in [0, 0.1) is 12.1 Å². The van der Waals surface area contributed by atoms with Crippen LogP contribution in [0.3, 0.4) is 0 Å². The van der Waals surface area contributed by atoms with Gasteiger partial charge < -0.3 is 0 Å². The van der Waals surface area contributed by atoms with Crippen molar-refractivity contribution in [1.29, 1.82) is 0 Å². The fraction of sp³-hybridized carbons (Fsp3) is 0.143. The van der Waals surface area contributed by atoms with E-state index in [0.717, 1.165) is 24.3 Å². The molecule has 0 atom stereocenters. The Kier molecular flexibility index (Phi) is 7.72. The summed E-state index contributed by atoms with van der Waals surface area (Å²) in [4.78, 5) is 0. The average molecular weight is 485 g/mol. The van der Waals surface area contributed by atoms with E-state index in [1.807, 2.05) is 0 Å². The monoisotopic (exact) mass is 485 g/mol. The Morgan fingerprint density at radius 2 is 1.00 bits per heavy atom. The van der Waals surface area contributed by atoms with Gasteiger partial charge in [0.15, 0.2) is 0 Å². The van der Waals surface area contributed by atoms with Crippen LogP contribution in [0.15, 0.2) is 48.5 Å². The number of alkyl halides is 6. The zero-order valence-corrected chi connectivity index (χ0v) is 12.5. The summed E-state index contributed by atoms with van der Waals surface area (Å²) in [6, 6.07) is 14.0. The van der Waals surface area contributed by atoms with Gasteiger partial charge in [-0.05, 0) is 0 Å². The summed E-state index contributed by atoms with van der Waals surface area (Å²) < 4.78 is 70.6. The Balaban J connectivity index is 0.000000364. The van der Waals surface area contributed by atoms with E-state index in [9.17, 15) is 26.3 Å². The number of rotatable bonds is 0. The molecule has 0 nitrogen and oxygen atoms in total. The molecule has 21 heavy (non-hydrogen) atoms. The molecular formula is C14H8F6Pt. The minimum absolute atomic E-state index is 0. The van der Waals surface area contributed by atoms with E-state index in [0.29, 0.717) is 0 Å². The molecule has 0 saturated carbocycles. The van der Waals surface area contributed by atoms with Crippen LogP contribution < -0.4 is 0 Å². The third-order valence-corrected chi connectivity index (χ3v) is 2.07. The minimum Gasteiger partial charge on any atom is -0.183 e. The standard InChI is InChI=1S/2C7H4F3.Pt/c2*8-7(9,10)6-4-2-1-3-5-6;/h2*1-2,4-5H;/q2*-1;+2. The minimum atomic E-state index is -4.24. The summed E-state index contributed by atoms with van der Waals surface area (Å²) in [6.45, 7) is 0. The summed E-state index contributed by atoms with van der Waals surface area (Å²) in [5.41, 5.74) is -1.31. The van der Waals surface area contributed by atoms with Crippen LogP contribution in [0.4, 0.5) is 26.3 Å². The largest absolute Gasteiger partial charge is 2.00 e. The Morgan fingerprint density at radius 3 is 1.14 bits per heavy atom. The number of hydrogen-bond acceptors (Lipinski definition) is 0. The van der Waals surface area contributed by atoms with Gasteiger partial charge in [-0.2, -0.15) is 87.0 Å². The van der Waals surface area contributed by atoms with Crippen molar-refractivity contribution >= 4 is 0 Å². The fourth-order valence-electron chi connectivity index (χ4n) is 1.14. The van der Waals surface area contributed by atoms with Gasteiger partial charge in [0.25, 0.3) is 0 Å². The van der Waals surface area contributed by atoms with Crippen LogP contribution in [-0.4, -0.2) is 0 Å². The molecule has 0 unspecified atom stereocenters. The Bertz CT molecular complexity index is 455. The molecule has 0 radical (unpaired) electrons. The second-order valence-electron chi connectivity index (χ2n) is 3.58. The maximum absolute atomic E-state index is 11.8. The predicted octanol–water partition coefficient (Wildman–Crippen LogP) is 5.01. The van der Waals surface area contributed by atoms with Crippen molar-refractivity contribution in [2.75, 3.05) is 0 Å². The zero-order valence-electron chi connectivity index (χ0n) is 10.2. The van der Waals surface area contributed by atoms with Crippen molar-refractivity contribution in [1.82, 2.24) is 0 Å². The fourth-order valence-corrected chi connectivity index (χ4v) is 1.14. The quantitative estimate of drug-likeness (QED) is 0.364. The maximum Gasteiger partial charge on any atom is 2.00 e. The molecule has 0 N–H and O–H groups in total. The average Bonchev–Trinajstić information content (AvgIpc) is 2.40. The number of hydrogen-bond donors (Lipinski definition) is 0. The third kappa shape index (κ3) is 7.32. The van der Waals surface area contributed by atoms with Gasteiger partial charge in [0.05, 0.1) is 0 Å². The summed E-state index contributed by atoms with van der Waals surface area (Å²) in [5.74, 6) is 0. The molecule has 2 aromatic rings. The molecule has 0 heterocycles. The van der Waals surface area contributed by atoms with Gasteiger partial charge in [-0.25, -0.2) is 0 Å². The normalized spacial score (nSPS) is 11.0. The number of benzene rings is 2. The van der Waals surface area contributed by atoms with Gasteiger partial charge in [0, 0.05) is 0 Å². The first-order chi connectivity index (χ1) is 9.21. The molecule has 0 saturated heterocycles. The summed E-state index contributed by atoms with van der Waals surface area (Å²) in [7, 11) is 0. The van der Waals surface area contributed by atoms with Crippen LogP contribution in [-0.2, 0) is 33.4 Å². The first-order valence-corrected chi connectivity index (χ1v) is 5.28. The van der Waals surface area contributed by atoms with Crippen molar-refractivity contribution in [2.45, 2.75) is 12.4 Å². The molecule has 116 valence electrons. The van der Waals surface area contributed by atoms with Crippen LogP contribution in [0.5, 0.6) is 0 Å². The molecule has 0 spiro atoms. The second-order valence-corrected chi connectivity index (χ2v) is 3.58. The van der Waals surface area contributed by atoms with Crippen molar-refractivity contribution in [3.63, 3.8) is 0 Å². The molecule has 2 rings (SSSR count). The van der Waals surface area contributed by atoms with Crippen molar-refractivity contribution < 1.29 is 47.4 Å². The first-order valence-electron chi connectivity index (χ1n) is 5.28. The molecule has 0 aliphatic heterocycles. The molecule has 0 aliphatic rings. The molecule has 2 aromatic carbocycles. The van der Waals surface area contributed by atoms with Gasteiger partial charge in [-0.3, -0.25) is 0 Å². The first kappa shape index (κ1) is 19.7. The Morgan fingerprint density at radius 1 is 0.667 bits per heavy atom. The van der Waals surface area contributed by atoms with Gasteiger partial charge in [-0.1, -0.05) is 11.1 Å². The van der Waals surface area contributed by atoms with E-state index in [4.69, 9.17) is 0 Å². The van der Waals surface area contributed by atoms with Crippen LogP contribution in [0.25, 0.3) is 0 Å². The summed E-state index contributed by atoms with van der Waals surface area (Å²) >= 11 is 0. The van der Waals surface area contributed by atoms with Crippen LogP contribution in [0.2, 0.25) is 0 Å². The smallest absolute Gasteiger partial charge is 0.183 e. The number of halogens is 6. The van der Waals surface area contributed by atoms with E-state index in [2.05, 4.69) is 12.1 Å². The second kappa shape index (κ2) is 8.22. The van der Waals surface area contributed by atoms with Gasteiger partial charge >= 0.3 is 33.4 Å². The molecule has 0 bridgehead atoms. The third-order valence-electron chi connectivity index (χ3n) is 2.07. The van der Waals surface area contributed by atoms with Crippen molar-refractivity contribution in [3.05, 3.63) is 71.8 Å². The van der Waals surface area contributed by atoms with E-state index < -0.39 is 23.5 Å². The van der Waals surface area contributed by atoms with E-state index in [-0.39, 0.29) is 21.1 Å². The molecule has 7 heteroatoms. The molecule has 0 fully saturated rings. The molecule has 0 aliphatic carbocycles. The van der Waals surface area contributed by atoms with Crippen LogP contribution in [0.1, 0.15) is 11.1 Å². The van der Waals surface area contributed by atoms with Gasteiger partial charge in [0.2, 0.25) is 0 Å². The maximum atomic E-state index is 11.8. The zero-order chi connectivity index (χ0) is 15.2. The van der Waals surface area contributed by atoms with Gasteiger partial charge in [-0.15, -0.1) is 0 Å². The molecular weight excluding hydrogens is 477 g/mol. The van der Waals surface area contributed by atoms with E-state index in [1.54, 1.807) is 0 Å². The van der Waals surface area contributed by atoms with Crippen LogP contribution >= 0.6 is 0 Å². The van der Waals surface area contributed by atoms with Gasteiger partial charge in [0.1, 0.15) is 0 Å². The SMILES string of the molecule is FC(F)(F)c1c[c-]ccc1.FC(F)(F)c1c[c-]ccc1.[Pt+2]. The summed E-state index contributed by atoms with van der Waals surface area (Å²) in [5, 5.41) is 0. The Labute approximate surface area is 132 Å². The topological polar surface area (TPSA) is 0 Å². The van der Waals surface area contributed by atoms with Crippen molar-refractivity contribution in [3.8, 4) is 0 Å². The van der Waals surface area contributed by atoms with E-state index in [1.165, 1.54) is 24.3 Å².